The second kappa shape index (κ2) is 9.55. The summed E-state index contributed by atoms with van der Waals surface area (Å²) in [5.74, 6) is 0.748. The van der Waals surface area contributed by atoms with E-state index in [9.17, 15) is 4.79 Å². The summed E-state index contributed by atoms with van der Waals surface area (Å²) in [6.45, 7) is 8.01. The van der Waals surface area contributed by atoms with Gasteiger partial charge in [0.05, 0.1) is 12.2 Å². The zero-order chi connectivity index (χ0) is 19.9. The van der Waals surface area contributed by atoms with Crippen molar-refractivity contribution in [2.24, 2.45) is 5.92 Å². The van der Waals surface area contributed by atoms with Gasteiger partial charge in [0, 0.05) is 31.9 Å². The quantitative estimate of drug-likeness (QED) is 0.782. The first-order valence-electron chi connectivity index (χ1n) is 9.66. The van der Waals surface area contributed by atoms with Crippen LogP contribution in [0, 0.1) is 5.92 Å². The average Bonchev–Trinajstić information content (AvgIpc) is 2.73. The summed E-state index contributed by atoms with van der Waals surface area (Å²) in [4.78, 5) is 17.1. The molecule has 2 aromatic rings. The first-order valence-corrected chi connectivity index (χ1v) is 10.1. The lowest BCUT2D eigenvalue weighted by molar-refractivity contribution is 0.0968. The van der Waals surface area contributed by atoms with E-state index in [0.29, 0.717) is 29.0 Å². The maximum absolute atomic E-state index is 12.7. The maximum atomic E-state index is 12.7. The molecule has 2 aromatic carbocycles. The third-order valence-electron chi connectivity index (χ3n) is 4.61. The molecule has 1 amide bonds. The van der Waals surface area contributed by atoms with Crippen molar-refractivity contribution in [2.75, 3.05) is 37.7 Å². The third kappa shape index (κ3) is 5.23. The number of para-hydroxylation sites is 2. The van der Waals surface area contributed by atoms with Crippen LogP contribution >= 0.6 is 12.2 Å². The molecule has 1 aliphatic heterocycles. The molecular formula is C22H27N3O2S. The number of thiocarbonyl (C=S) groups is 1. The third-order valence-corrected chi connectivity index (χ3v) is 4.97. The normalized spacial score (nSPS) is 14.1. The summed E-state index contributed by atoms with van der Waals surface area (Å²) in [5.41, 5.74) is 1.72. The number of anilines is 1. The Labute approximate surface area is 172 Å². The van der Waals surface area contributed by atoms with Gasteiger partial charge in [-0.2, -0.15) is 0 Å². The fourth-order valence-corrected chi connectivity index (χ4v) is 3.36. The molecule has 28 heavy (non-hydrogen) atoms. The molecule has 1 fully saturated rings. The monoisotopic (exact) mass is 397 g/mol. The number of hydrogen-bond donors (Lipinski definition) is 1. The van der Waals surface area contributed by atoms with E-state index in [1.165, 1.54) is 5.69 Å². The van der Waals surface area contributed by atoms with Crippen molar-refractivity contribution in [3.63, 3.8) is 0 Å². The van der Waals surface area contributed by atoms with Crippen molar-refractivity contribution < 1.29 is 9.53 Å². The zero-order valence-corrected chi connectivity index (χ0v) is 17.2. The van der Waals surface area contributed by atoms with Gasteiger partial charge in [-0.1, -0.05) is 44.2 Å². The van der Waals surface area contributed by atoms with Crippen molar-refractivity contribution in [3.8, 4) is 5.75 Å². The number of nitrogens with one attached hydrogen (secondary N) is 1. The van der Waals surface area contributed by atoms with Crippen LogP contribution in [0.15, 0.2) is 54.6 Å². The molecule has 3 rings (SSSR count). The van der Waals surface area contributed by atoms with Crippen LogP contribution in [0.5, 0.6) is 5.75 Å². The van der Waals surface area contributed by atoms with E-state index in [1.54, 1.807) is 6.07 Å². The van der Waals surface area contributed by atoms with Crippen molar-refractivity contribution in [1.29, 1.82) is 0 Å². The second-order valence-corrected chi connectivity index (χ2v) is 7.66. The predicted molar refractivity (Wildman–Crippen MR) is 117 cm³/mol. The Balaban J connectivity index is 1.56. The largest absolute Gasteiger partial charge is 0.492 e. The van der Waals surface area contributed by atoms with Crippen LogP contribution in [0.4, 0.5) is 5.69 Å². The standard InChI is InChI=1S/C22H27N3O2S/c1-17(2)16-27-20-11-7-6-10-19(20)21(26)23-22(28)25-14-12-24(13-15-25)18-8-4-3-5-9-18/h3-11,17H,12-16H2,1-2H3,(H,23,26,28). The summed E-state index contributed by atoms with van der Waals surface area (Å²) in [6, 6.07) is 17.6. The van der Waals surface area contributed by atoms with Crippen molar-refractivity contribution in [3.05, 3.63) is 60.2 Å². The number of piperazine rings is 1. The number of nitrogens with zero attached hydrogens (tertiary/aromatic N) is 2. The van der Waals surface area contributed by atoms with Crippen LogP contribution in [0.1, 0.15) is 24.2 Å². The molecule has 0 bridgehead atoms. The molecule has 1 N–H and O–H groups in total. The molecule has 0 atom stereocenters. The molecule has 1 heterocycles. The first kappa shape index (κ1) is 20.1. The molecule has 0 aliphatic carbocycles. The fraction of sp³-hybridized carbons (Fsp3) is 0.364. The molecule has 0 spiro atoms. The molecule has 6 heteroatoms. The Morgan fingerprint density at radius 1 is 1.04 bits per heavy atom. The molecule has 0 unspecified atom stereocenters. The van der Waals surface area contributed by atoms with Gasteiger partial charge in [0.1, 0.15) is 5.75 Å². The van der Waals surface area contributed by atoms with Crippen LogP contribution in [-0.2, 0) is 0 Å². The van der Waals surface area contributed by atoms with Gasteiger partial charge in [0.25, 0.3) is 5.91 Å². The van der Waals surface area contributed by atoms with Crippen LogP contribution < -0.4 is 15.0 Å². The molecule has 0 aromatic heterocycles. The topological polar surface area (TPSA) is 44.8 Å². The van der Waals surface area contributed by atoms with Crippen LogP contribution in [-0.4, -0.2) is 48.7 Å². The van der Waals surface area contributed by atoms with Crippen molar-refractivity contribution in [1.82, 2.24) is 10.2 Å². The number of ether oxygens (including phenoxy) is 1. The molecule has 0 radical (unpaired) electrons. The summed E-state index contributed by atoms with van der Waals surface area (Å²) in [7, 11) is 0. The molecule has 1 saturated heterocycles. The summed E-state index contributed by atoms with van der Waals surface area (Å²) >= 11 is 5.49. The summed E-state index contributed by atoms with van der Waals surface area (Å²) in [5, 5.41) is 3.34. The molecule has 148 valence electrons. The van der Waals surface area contributed by atoms with Gasteiger partial charge >= 0.3 is 0 Å². The Kier molecular flexibility index (Phi) is 6.87. The average molecular weight is 398 g/mol. The molecule has 1 aliphatic rings. The lowest BCUT2D eigenvalue weighted by Gasteiger charge is -2.37. The summed E-state index contributed by atoms with van der Waals surface area (Å²) in [6.07, 6.45) is 0. The number of amides is 1. The van der Waals surface area contributed by atoms with E-state index >= 15 is 0 Å². The van der Waals surface area contributed by atoms with Crippen molar-refractivity contribution >= 4 is 28.9 Å². The van der Waals surface area contributed by atoms with Gasteiger partial charge in [-0.25, -0.2) is 0 Å². The lowest BCUT2D eigenvalue weighted by atomic mass is 10.2. The summed E-state index contributed by atoms with van der Waals surface area (Å²) < 4.78 is 5.79. The van der Waals surface area contributed by atoms with Crippen LogP contribution in [0.2, 0.25) is 0 Å². The molecular weight excluding hydrogens is 370 g/mol. The number of carbonyl (C=O) groups is 1. The number of hydrogen-bond acceptors (Lipinski definition) is 4. The minimum absolute atomic E-state index is 0.227. The predicted octanol–water partition coefficient (Wildman–Crippen LogP) is 3.56. The van der Waals surface area contributed by atoms with Gasteiger partial charge in [-0.15, -0.1) is 0 Å². The number of carbonyl (C=O) groups excluding carboxylic acids is 1. The van der Waals surface area contributed by atoms with E-state index in [2.05, 4.69) is 36.2 Å². The number of rotatable bonds is 5. The first-order chi connectivity index (χ1) is 13.5. The fourth-order valence-electron chi connectivity index (χ4n) is 3.09. The van der Waals surface area contributed by atoms with Gasteiger partial charge < -0.3 is 14.5 Å². The van der Waals surface area contributed by atoms with Gasteiger partial charge in [-0.3, -0.25) is 10.1 Å². The van der Waals surface area contributed by atoms with Gasteiger partial charge in [-0.05, 0) is 42.4 Å². The van der Waals surface area contributed by atoms with E-state index in [0.717, 1.165) is 26.2 Å². The molecule has 5 nitrogen and oxygen atoms in total. The Morgan fingerprint density at radius 2 is 1.68 bits per heavy atom. The molecule has 0 saturated carbocycles. The highest BCUT2D eigenvalue weighted by Crippen LogP contribution is 2.19. The van der Waals surface area contributed by atoms with E-state index < -0.39 is 0 Å². The zero-order valence-electron chi connectivity index (χ0n) is 16.4. The van der Waals surface area contributed by atoms with Gasteiger partial charge in [0.15, 0.2) is 5.11 Å². The minimum Gasteiger partial charge on any atom is -0.492 e. The maximum Gasteiger partial charge on any atom is 0.261 e. The highest BCUT2D eigenvalue weighted by atomic mass is 32.1. The van der Waals surface area contributed by atoms with E-state index in [1.807, 2.05) is 41.3 Å². The van der Waals surface area contributed by atoms with Crippen molar-refractivity contribution in [2.45, 2.75) is 13.8 Å². The van der Waals surface area contributed by atoms with E-state index in [-0.39, 0.29) is 5.91 Å². The highest BCUT2D eigenvalue weighted by Gasteiger charge is 2.21. The minimum atomic E-state index is -0.227. The Morgan fingerprint density at radius 3 is 2.36 bits per heavy atom. The van der Waals surface area contributed by atoms with Crippen LogP contribution in [0.25, 0.3) is 0 Å². The highest BCUT2D eigenvalue weighted by molar-refractivity contribution is 7.80. The lowest BCUT2D eigenvalue weighted by Crippen LogP contribution is -2.52. The Bertz CT molecular complexity index is 802. The number of benzene rings is 2. The SMILES string of the molecule is CC(C)COc1ccccc1C(=O)NC(=S)N1CCN(c2ccccc2)CC1. The second-order valence-electron chi connectivity index (χ2n) is 7.27. The van der Waals surface area contributed by atoms with E-state index in [4.69, 9.17) is 17.0 Å². The smallest absolute Gasteiger partial charge is 0.261 e. The Hall–Kier alpha value is -2.60. The van der Waals surface area contributed by atoms with Crippen LogP contribution in [0.3, 0.4) is 0 Å². The van der Waals surface area contributed by atoms with Gasteiger partial charge in [0.2, 0.25) is 0 Å².